The van der Waals surface area contributed by atoms with E-state index in [4.69, 9.17) is 17.3 Å². The second-order valence-electron chi connectivity index (χ2n) is 5.76. The molecule has 0 aliphatic carbocycles. The summed E-state index contributed by atoms with van der Waals surface area (Å²) in [5.41, 5.74) is 3.15. The zero-order valence-electron chi connectivity index (χ0n) is 14.6. The predicted molar refractivity (Wildman–Crippen MR) is 95.8 cm³/mol. The molecule has 0 aromatic carbocycles. The van der Waals surface area contributed by atoms with Gasteiger partial charge in [0.05, 0.1) is 29.2 Å². The van der Waals surface area contributed by atoms with E-state index in [9.17, 15) is 18.0 Å². The first-order chi connectivity index (χ1) is 14.3. The Hall–Kier alpha value is -3.87. The highest BCUT2D eigenvalue weighted by molar-refractivity contribution is 6.32. The second-order valence-corrected chi connectivity index (χ2v) is 6.16. The van der Waals surface area contributed by atoms with Crippen LogP contribution in [-0.2, 0) is 6.18 Å². The molecule has 0 saturated carbocycles. The molecule has 0 unspecified atom stereocenters. The molecule has 4 rings (SSSR count). The molecule has 152 valence electrons. The van der Waals surface area contributed by atoms with Gasteiger partial charge in [-0.3, -0.25) is 9.78 Å². The van der Waals surface area contributed by atoms with E-state index < -0.39 is 23.3 Å². The van der Waals surface area contributed by atoms with Crippen LogP contribution in [0.2, 0.25) is 5.02 Å². The molecule has 10 nitrogen and oxygen atoms in total. The molecule has 4 heterocycles. The predicted octanol–water partition coefficient (Wildman–Crippen LogP) is 2.08. The summed E-state index contributed by atoms with van der Waals surface area (Å²) in [7, 11) is 0. The standard InChI is InChI=1S/C16H9ClF3N9O/c17-10-5-8(6-24-14(10)29-25-3-4-26-29)11-15(23-2-1-22-11)28-12(16(18,19)20)9(7-27-28)13(21)30/h1-7H,(H2,21,30). The Morgan fingerprint density at radius 2 is 1.67 bits per heavy atom. The average Bonchev–Trinajstić information content (AvgIpc) is 3.37. The van der Waals surface area contributed by atoms with E-state index >= 15 is 0 Å². The zero-order chi connectivity index (χ0) is 21.5. The molecule has 0 bridgehead atoms. The first kappa shape index (κ1) is 19.4. The fraction of sp³-hybridized carbons (Fsp3) is 0.0625. The zero-order valence-corrected chi connectivity index (χ0v) is 15.4. The number of primary amides is 1. The molecule has 1 amide bonds. The van der Waals surface area contributed by atoms with Gasteiger partial charge in [0.15, 0.2) is 17.3 Å². The van der Waals surface area contributed by atoms with E-state index in [0.717, 1.165) is 6.20 Å². The fourth-order valence-corrected chi connectivity index (χ4v) is 2.93. The van der Waals surface area contributed by atoms with Gasteiger partial charge in [-0.1, -0.05) is 11.6 Å². The van der Waals surface area contributed by atoms with Gasteiger partial charge in [0.1, 0.15) is 5.69 Å². The Balaban J connectivity index is 1.88. The third-order valence-corrected chi connectivity index (χ3v) is 4.16. The van der Waals surface area contributed by atoms with Crippen molar-refractivity contribution in [2.24, 2.45) is 5.73 Å². The van der Waals surface area contributed by atoms with Crippen LogP contribution in [-0.4, -0.2) is 45.6 Å². The molecule has 0 spiro atoms. The van der Waals surface area contributed by atoms with Crippen molar-refractivity contribution >= 4 is 17.5 Å². The Morgan fingerprint density at radius 1 is 0.967 bits per heavy atom. The van der Waals surface area contributed by atoms with Crippen molar-refractivity contribution in [3.63, 3.8) is 0 Å². The molecule has 0 aliphatic rings. The maximum absolute atomic E-state index is 13.6. The lowest BCUT2D eigenvalue weighted by molar-refractivity contribution is -0.143. The second kappa shape index (κ2) is 7.18. The Bertz CT molecular complexity index is 1240. The van der Waals surface area contributed by atoms with Crippen molar-refractivity contribution in [2.75, 3.05) is 0 Å². The van der Waals surface area contributed by atoms with Crippen molar-refractivity contribution in [1.29, 1.82) is 0 Å². The number of halogens is 4. The fourth-order valence-electron chi connectivity index (χ4n) is 2.68. The lowest BCUT2D eigenvalue weighted by Gasteiger charge is -2.13. The summed E-state index contributed by atoms with van der Waals surface area (Å²) in [5, 5.41) is 11.6. The van der Waals surface area contributed by atoms with Gasteiger partial charge < -0.3 is 5.73 Å². The largest absolute Gasteiger partial charge is 0.434 e. The van der Waals surface area contributed by atoms with Crippen LogP contribution in [0.1, 0.15) is 16.1 Å². The van der Waals surface area contributed by atoms with Crippen LogP contribution in [0.4, 0.5) is 13.2 Å². The van der Waals surface area contributed by atoms with Crippen molar-refractivity contribution in [3.8, 4) is 22.9 Å². The molecule has 0 aliphatic heterocycles. The number of carbonyl (C=O) groups is 1. The number of rotatable bonds is 4. The van der Waals surface area contributed by atoms with Crippen molar-refractivity contribution in [1.82, 2.24) is 39.7 Å². The van der Waals surface area contributed by atoms with Gasteiger partial charge in [0, 0.05) is 24.2 Å². The van der Waals surface area contributed by atoms with Gasteiger partial charge in [-0.25, -0.2) is 14.6 Å². The molecule has 4 aromatic rings. The number of pyridine rings is 1. The van der Waals surface area contributed by atoms with Gasteiger partial charge in [0.25, 0.3) is 5.91 Å². The van der Waals surface area contributed by atoms with Crippen molar-refractivity contribution in [2.45, 2.75) is 6.18 Å². The third kappa shape index (κ3) is 3.34. The van der Waals surface area contributed by atoms with Crippen LogP contribution in [0.15, 0.2) is 43.2 Å². The minimum Gasteiger partial charge on any atom is -0.365 e. The molecule has 30 heavy (non-hydrogen) atoms. The monoisotopic (exact) mass is 435 g/mol. The average molecular weight is 436 g/mol. The number of amides is 1. The van der Waals surface area contributed by atoms with E-state index in [1.165, 1.54) is 41.8 Å². The first-order valence-electron chi connectivity index (χ1n) is 8.06. The van der Waals surface area contributed by atoms with Crippen LogP contribution in [0.3, 0.4) is 0 Å². The van der Waals surface area contributed by atoms with Crippen LogP contribution in [0.25, 0.3) is 22.9 Å². The van der Waals surface area contributed by atoms with E-state index in [1.54, 1.807) is 0 Å². The van der Waals surface area contributed by atoms with Crippen LogP contribution in [0, 0.1) is 0 Å². The van der Waals surface area contributed by atoms with E-state index in [2.05, 4.69) is 30.2 Å². The number of hydrogen-bond acceptors (Lipinski definition) is 7. The highest BCUT2D eigenvalue weighted by Gasteiger charge is 2.41. The highest BCUT2D eigenvalue weighted by atomic mass is 35.5. The van der Waals surface area contributed by atoms with E-state index in [1.807, 2.05) is 0 Å². The van der Waals surface area contributed by atoms with Crippen LogP contribution >= 0.6 is 11.6 Å². The molecule has 14 heteroatoms. The molecular formula is C16H9ClF3N9O. The molecule has 4 aromatic heterocycles. The number of aromatic nitrogens is 8. The number of nitrogens with two attached hydrogens (primary N) is 1. The molecular weight excluding hydrogens is 427 g/mol. The minimum atomic E-state index is -4.93. The number of hydrogen-bond donors (Lipinski definition) is 1. The summed E-state index contributed by atoms with van der Waals surface area (Å²) >= 11 is 6.24. The minimum absolute atomic E-state index is 0.00325. The van der Waals surface area contributed by atoms with Crippen LogP contribution < -0.4 is 5.73 Å². The summed E-state index contributed by atoms with van der Waals surface area (Å²) in [6, 6.07) is 1.42. The lowest BCUT2D eigenvalue weighted by Crippen LogP contribution is -2.21. The Kier molecular flexibility index (Phi) is 4.66. The topological polar surface area (TPSA) is 130 Å². The maximum atomic E-state index is 13.6. The van der Waals surface area contributed by atoms with Gasteiger partial charge in [0.2, 0.25) is 0 Å². The van der Waals surface area contributed by atoms with Gasteiger partial charge in [-0.2, -0.15) is 28.5 Å². The van der Waals surface area contributed by atoms with Crippen molar-refractivity contribution < 1.29 is 18.0 Å². The normalized spacial score (nSPS) is 11.6. The summed E-state index contributed by atoms with van der Waals surface area (Å²) in [6.07, 6.45) is 2.44. The van der Waals surface area contributed by atoms with E-state index in [0.29, 0.717) is 4.68 Å². The Morgan fingerprint density at radius 3 is 2.30 bits per heavy atom. The molecule has 0 fully saturated rings. The van der Waals surface area contributed by atoms with Gasteiger partial charge >= 0.3 is 6.18 Å². The molecule has 0 radical (unpaired) electrons. The molecule has 2 N–H and O–H groups in total. The number of nitrogens with zero attached hydrogens (tertiary/aromatic N) is 8. The number of alkyl halides is 3. The van der Waals surface area contributed by atoms with Crippen molar-refractivity contribution in [3.05, 3.63) is 59.5 Å². The summed E-state index contributed by atoms with van der Waals surface area (Å²) < 4.78 is 41.3. The SMILES string of the molecule is NC(=O)c1cnn(-c2nccnc2-c2cnc(-n3nccn3)c(Cl)c2)c1C(F)(F)F. The highest BCUT2D eigenvalue weighted by Crippen LogP contribution is 2.35. The van der Waals surface area contributed by atoms with Gasteiger partial charge in [-0.05, 0) is 6.07 Å². The summed E-state index contributed by atoms with van der Waals surface area (Å²) in [6.45, 7) is 0. The van der Waals surface area contributed by atoms with Gasteiger partial charge in [-0.15, -0.1) is 4.80 Å². The Labute approximate surface area is 170 Å². The summed E-state index contributed by atoms with van der Waals surface area (Å²) in [5.74, 6) is -1.36. The maximum Gasteiger partial charge on any atom is 0.434 e. The lowest BCUT2D eigenvalue weighted by atomic mass is 10.2. The van der Waals surface area contributed by atoms with Crippen LogP contribution in [0.5, 0.6) is 0 Å². The molecule has 0 atom stereocenters. The smallest absolute Gasteiger partial charge is 0.365 e. The third-order valence-electron chi connectivity index (χ3n) is 3.89. The molecule has 0 saturated heterocycles. The quantitative estimate of drug-likeness (QED) is 0.519. The summed E-state index contributed by atoms with van der Waals surface area (Å²) in [4.78, 5) is 24.8. The number of carbonyl (C=O) groups excluding carboxylic acids is 1. The van der Waals surface area contributed by atoms with E-state index in [-0.39, 0.29) is 27.9 Å². The first-order valence-corrected chi connectivity index (χ1v) is 8.44.